The van der Waals surface area contributed by atoms with E-state index in [4.69, 9.17) is 10.00 Å². The maximum atomic E-state index is 14.5. The summed E-state index contributed by atoms with van der Waals surface area (Å²) >= 11 is 0. The average Bonchev–Trinajstić information content (AvgIpc) is 2.80. The van der Waals surface area contributed by atoms with Crippen molar-refractivity contribution in [2.24, 2.45) is 0 Å². The fraction of sp³-hybridized carbons (Fsp3) is 0.240. The van der Waals surface area contributed by atoms with Crippen molar-refractivity contribution in [3.8, 4) is 23.1 Å². The number of nitrogens with one attached hydrogen (secondary N) is 1. The van der Waals surface area contributed by atoms with Gasteiger partial charge in [-0.05, 0) is 64.1 Å². The fourth-order valence-corrected chi connectivity index (χ4v) is 4.69. The van der Waals surface area contributed by atoms with Crippen LogP contribution in [0.5, 0.6) is 5.88 Å². The number of rotatable bonds is 8. The van der Waals surface area contributed by atoms with Crippen molar-refractivity contribution < 1.29 is 22.3 Å². The van der Waals surface area contributed by atoms with E-state index >= 15 is 0 Å². The Morgan fingerprint density at radius 2 is 1.97 bits per heavy atom. The molecular formula is C25H24FN3O4S. The summed E-state index contributed by atoms with van der Waals surface area (Å²) in [6, 6.07) is 13.8. The van der Waals surface area contributed by atoms with E-state index in [2.05, 4.69) is 9.71 Å². The number of nitrogens with zero attached hydrogens (tertiary/aromatic N) is 2. The minimum absolute atomic E-state index is 0.0450. The average molecular weight is 482 g/mol. The van der Waals surface area contributed by atoms with Crippen LogP contribution in [-0.4, -0.2) is 26.4 Å². The maximum absolute atomic E-state index is 14.5. The Bertz CT molecular complexity index is 1360. The molecule has 0 spiro atoms. The molecule has 0 saturated carbocycles. The van der Waals surface area contributed by atoms with Gasteiger partial charge in [0, 0.05) is 12.3 Å². The zero-order valence-corrected chi connectivity index (χ0v) is 19.8. The Morgan fingerprint density at radius 1 is 1.21 bits per heavy atom. The Hall–Kier alpha value is -3.77. The summed E-state index contributed by atoms with van der Waals surface area (Å²) in [4.78, 5) is 16.9. The van der Waals surface area contributed by atoms with Crippen LogP contribution in [0.2, 0.25) is 0 Å². The zero-order chi connectivity index (χ0) is 24.9. The molecule has 0 aliphatic heterocycles. The molecule has 2 aromatic carbocycles. The Kier molecular flexibility index (Phi) is 7.64. The van der Waals surface area contributed by atoms with Gasteiger partial charge in [0.25, 0.3) is 10.0 Å². The van der Waals surface area contributed by atoms with Crippen LogP contribution in [0.15, 0.2) is 59.6 Å². The predicted octanol–water partition coefficient (Wildman–Crippen LogP) is 4.13. The molecule has 176 valence electrons. The highest BCUT2D eigenvalue weighted by Gasteiger charge is 2.22. The van der Waals surface area contributed by atoms with Crippen LogP contribution in [0, 0.1) is 17.1 Å². The highest BCUT2D eigenvalue weighted by Crippen LogP contribution is 2.33. The molecular weight excluding hydrogens is 457 g/mol. The molecule has 9 heteroatoms. The Morgan fingerprint density at radius 3 is 2.65 bits per heavy atom. The number of nitriles is 1. The second kappa shape index (κ2) is 10.4. The quantitative estimate of drug-likeness (QED) is 0.518. The summed E-state index contributed by atoms with van der Waals surface area (Å²) in [5, 5.41) is 8.86. The molecule has 0 radical (unpaired) electrons. The van der Waals surface area contributed by atoms with Crippen molar-refractivity contribution in [2.75, 3.05) is 7.11 Å². The molecule has 1 N–H and O–H groups in total. The van der Waals surface area contributed by atoms with E-state index in [-0.39, 0.29) is 23.7 Å². The monoisotopic (exact) mass is 481 g/mol. The van der Waals surface area contributed by atoms with Crippen LogP contribution >= 0.6 is 0 Å². The van der Waals surface area contributed by atoms with Gasteiger partial charge in [0.1, 0.15) is 5.82 Å². The SMILES string of the molecule is COc1cc(-c2cc(F)cc(C(C)C)c2CC(=O)NS(=O)(=O)c2cccc(CC#N)c2)ccn1. The van der Waals surface area contributed by atoms with Crippen molar-refractivity contribution in [1.29, 1.82) is 5.26 Å². The van der Waals surface area contributed by atoms with Crippen LogP contribution in [0.25, 0.3) is 11.1 Å². The van der Waals surface area contributed by atoms with Crippen molar-refractivity contribution in [2.45, 2.75) is 37.5 Å². The smallest absolute Gasteiger partial charge is 0.264 e. The number of carbonyl (C=O) groups is 1. The van der Waals surface area contributed by atoms with E-state index < -0.39 is 21.7 Å². The number of halogens is 1. The lowest BCUT2D eigenvalue weighted by Crippen LogP contribution is -2.32. The van der Waals surface area contributed by atoms with Gasteiger partial charge in [-0.25, -0.2) is 22.5 Å². The highest BCUT2D eigenvalue weighted by atomic mass is 32.2. The molecule has 0 saturated heterocycles. The third-order valence-electron chi connectivity index (χ3n) is 5.20. The number of methoxy groups -OCH3 is 1. The largest absolute Gasteiger partial charge is 0.481 e. The molecule has 1 heterocycles. The number of benzene rings is 2. The van der Waals surface area contributed by atoms with Crippen LogP contribution in [0.4, 0.5) is 4.39 Å². The lowest BCUT2D eigenvalue weighted by atomic mass is 9.88. The van der Waals surface area contributed by atoms with Gasteiger partial charge in [-0.2, -0.15) is 5.26 Å². The molecule has 0 aliphatic carbocycles. The molecule has 0 fully saturated rings. The molecule has 1 amide bonds. The van der Waals surface area contributed by atoms with E-state index in [9.17, 15) is 17.6 Å². The van der Waals surface area contributed by atoms with E-state index in [1.807, 2.05) is 19.9 Å². The summed E-state index contributed by atoms with van der Waals surface area (Å²) in [6.07, 6.45) is 1.27. The molecule has 1 aromatic heterocycles. The molecule has 3 aromatic rings. The molecule has 0 atom stereocenters. The first-order chi connectivity index (χ1) is 16.1. The number of pyridine rings is 1. The Labute approximate surface area is 198 Å². The van der Waals surface area contributed by atoms with Gasteiger partial charge in [-0.3, -0.25) is 4.79 Å². The molecule has 3 rings (SSSR count). The first-order valence-corrected chi connectivity index (χ1v) is 12.0. The summed E-state index contributed by atoms with van der Waals surface area (Å²) < 4.78 is 47.4. The first-order valence-electron chi connectivity index (χ1n) is 10.5. The standard InChI is InChI=1S/C25H24FN3O4S/c1-16(2)21-13-19(26)14-22(18-8-10-28-25(12-18)33-3)23(21)15-24(30)29-34(31,32)20-6-4-5-17(11-20)7-9-27/h4-6,8,10-14,16H,7,15H2,1-3H3,(H,29,30). The number of amides is 1. The van der Waals surface area contributed by atoms with Crippen LogP contribution in [0.1, 0.15) is 36.5 Å². The number of ether oxygens (including phenoxy) is 1. The normalized spacial score (nSPS) is 11.2. The van der Waals surface area contributed by atoms with Gasteiger partial charge in [0.05, 0.1) is 30.9 Å². The number of hydrogen-bond donors (Lipinski definition) is 1. The fourth-order valence-electron chi connectivity index (χ4n) is 3.64. The van der Waals surface area contributed by atoms with Crippen LogP contribution in [-0.2, 0) is 27.7 Å². The number of aromatic nitrogens is 1. The van der Waals surface area contributed by atoms with E-state index in [0.29, 0.717) is 33.7 Å². The van der Waals surface area contributed by atoms with Gasteiger partial charge in [-0.15, -0.1) is 0 Å². The zero-order valence-electron chi connectivity index (χ0n) is 19.0. The minimum Gasteiger partial charge on any atom is -0.481 e. The Balaban J connectivity index is 1.99. The topological polar surface area (TPSA) is 109 Å². The van der Waals surface area contributed by atoms with Gasteiger partial charge in [0.15, 0.2) is 0 Å². The second-order valence-corrected chi connectivity index (χ2v) is 9.63. The van der Waals surface area contributed by atoms with Gasteiger partial charge in [0.2, 0.25) is 11.8 Å². The third-order valence-corrected chi connectivity index (χ3v) is 6.57. The van der Waals surface area contributed by atoms with Crippen LogP contribution < -0.4 is 9.46 Å². The van der Waals surface area contributed by atoms with Crippen molar-refractivity contribution in [3.05, 3.63) is 77.2 Å². The van der Waals surface area contributed by atoms with E-state index in [1.165, 1.54) is 43.6 Å². The van der Waals surface area contributed by atoms with E-state index in [0.717, 1.165) is 0 Å². The molecule has 7 nitrogen and oxygen atoms in total. The van der Waals surface area contributed by atoms with E-state index in [1.54, 1.807) is 18.2 Å². The van der Waals surface area contributed by atoms with Crippen molar-refractivity contribution in [3.63, 3.8) is 0 Å². The van der Waals surface area contributed by atoms with Crippen molar-refractivity contribution >= 4 is 15.9 Å². The molecule has 34 heavy (non-hydrogen) atoms. The number of hydrogen-bond acceptors (Lipinski definition) is 6. The summed E-state index contributed by atoms with van der Waals surface area (Å²) in [6.45, 7) is 3.73. The predicted molar refractivity (Wildman–Crippen MR) is 125 cm³/mol. The summed E-state index contributed by atoms with van der Waals surface area (Å²) in [5.41, 5.74) is 2.66. The molecule has 0 aliphatic rings. The molecule has 0 bridgehead atoms. The van der Waals surface area contributed by atoms with Crippen molar-refractivity contribution in [1.82, 2.24) is 9.71 Å². The van der Waals surface area contributed by atoms with Gasteiger partial charge in [-0.1, -0.05) is 26.0 Å². The van der Waals surface area contributed by atoms with Gasteiger partial charge >= 0.3 is 0 Å². The summed E-state index contributed by atoms with van der Waals surface area (Å²) in [5.74, 6) is -1.04. The number of sulfonamides is 1. The second-order valence-electron chi connectivity index (χ2n) is 7.95. The molecule has 0 unspecified atom stereocenters. The third kappa shape index (κ3) is 5.77. The lowest BCUT2D eigenvalue weighted by Gasteiger charge is -2.18. The minimum atomic E-state index is -4.16. The highest BCUT2D eigenvalue weighted by molar-refractivity contribution is 7.90. The first kappa shape index (κ1) is 24.9. The number of carbonyl (C=O) groups excluding carboxylic acids is 1. The lowest BCUT2D eigenvalue weighted by molar-refractivity contribution is -0.118. The maximum Gasteiger partial charge on any atom is 0.264 e. The van der Waals surface area contributed by atoms with Crippen LogP contribution in [0.3, 0.4) is 0 Å². The summed E-state index contributed by atoms with van der Waals surface area (Å²) in [7, 11) is -2.70. The van der Waals surface area contributed by atoms with Gasteiger partial charge < -0.3 is 4.74 Å².